The number of piperidine rings is 1. The number of aryl methyl sites for hydroxylation is 1. The van der Waals surface area contributed by atoms with E-state index in [0.717, 1.165) is 38.2 Å². The minimum atomic E-state index is 0.519. The Balaban J connectivity index is 1.27. The fourth-order valence-electron chi connectivity index (χ4n) is 3.28. The van der Waals surface area contributed by atoms with E-state index < -0.39 is 0 Å². The predicted molar refractivity (Wildman–Crippen MR) is 97.5 cm³/mol. The lowest BCUT2D eigenvalue weighted by Gasteiger charge is -2.34. The number of aromatic nitrogens is 1. The molecule has 0 bridgehead atoms. The Bertz CT molecular complexity index is 785. The van der Waals surface area contributed by atoms with Crippen molar-refractivity contribution in [2.45, 2.75) is 32.4 Å². The van der Waals surface area contributed by atoms with E-state index >= 15 is 0 Å². The van der Waals surface area contributed by atoms with E-state index in [4.69, 9.17) is 8.94 Å². The maximum absolute atomic E-state index is 5.34. The number of hydrogen-bond donors (Lipinski definition) is 1. The minimum absolute atomic E-state index is 0.519. The third-order valence-corrected chi connectivity index (χ3v) is 4.79. The number of benzene rings is 1. The van der Waals surface area contributed by atoms with Crippen LogP contribution in [0.2, 0.25) is 0 Å². The summed E-state index contributed by atoms with van der Waals surface area (Å²) in [6, 6.07) is 15.0. The molecule has 3 heterocycles. The SMILES string of the molecule is Cc1ccc(N2CCC(NCc3cc(-c4ccco4)on3)CC2)cc1. The fraction of sp³-hybridized carbons (Fsp3) is 0.350. The van der Waals surface area contributed by atoms with Gasteiger partial charge in [0.05, 0.1) is 12.0 Å². The molecule has 0 radical (unpaired) electrons. The van der Waals surface area contributed by atoms with Crippen LogP contribution in [0.4, 0.5) is 5.69 Å². The standard InChI is InChI=1S/C20H23N3O2/c1-15-4-6-18(7-5-15)23-10-8-16(9-11-23)21-14-17-13-20(25-22-17)19-3-2-12-24-19/h2-7,12-13,16,21H,8-11,14H2,1H3. The average molecular weight is 337 g/mol. The van der Waals surface area contributed by atoms with Gasteiger partial charge in [-0.15, -0.1) is 0 Å². The quantitative estimate of drug-likeness (QED) is 0.762. The first-order valence-electron chi connectivity index (χ1n) is 8.82. The Kier molecular flexibility index (Phi) is 4.57. The van der Waals surface area contributed by atoms with Crippen molar-refractivity contribution in [3.8, 4) is 11.5 Å². The predicted octanol–water partition coefficient (Wildman–Crippen LogP) is 4.00. The first-order valence-corrected chi connectivity index (χ1v) is 8.82. The fourth-order valence-corrected chi connectivity index (χ4v) is 3.28. The molecule has 1 fully saturated rings. The summed E-state index contributed by atoms with van der Waals surface area (Å²) in [5, 5.41) is 7.72. The molecule has 0 spiro atoms. The number of rotatable bonds is 5. The van der Waals surface area contributed by atoms with Gasteiger partial charge in [-0.1, -0.05) is 22.9 Å². The lowest BCUT2D eigenvalue weighted by Crippen LogP contribution is -2.42. The lowest BCUT2D eigenvalue weighted by molar-refractivity contribution is 0.387. The Morgan fingerprint density at radius 2 is 1.92 bits per heavy atom. The summed E-state index contributed by atoms with van der Waals surface area (Å²) in [7, 11) is 0. The Labute approximate surface area is 147 Å². The third kappa shape index (κ3) is 3.77. The van der Waals surface area contributed by atoms with Gasteiger partial charge < -0.3 is 19.2 Å². The van der Waals surface area contributed by atoms with Crippen molar-refractivity contribution in [1.82, 2.24) is 10.5 Å². The van der Waals surface area contributed by atoms with E-state index in [1.807, 2.05) is 18.2 Å². The van der Waals surface area contributed by atoms with Crippen molar-refractivity contribution in [2.75, 3.05) is 18.0 Å². The Morgan fingerprint density at radius 1 is 1.12 bits per heavy atom. The molecule has 0 atom stereocenters. The van der Waals surface area contributed by atoms with E-state index in [1.54, 1.807) is 6.26 Å². The Morgan fingerprint density at radius 3 is 2.64 bits per heavy atom. The van der Waals surface area contributed by atoms with Gasteiger partial charge >= 0.3 is 0 Å². The zero-order valence-electron chi connectivity index (χ0n) is 14.4. The molecule has 5 heteroatoms. The van der Waals surface area contributed by atoms with E-state index in [-0.39, 0.29) is 0 Å². The molecule has 0 aliphatic carbocycles. The van der Waals surface area contributed by atoms with Crippen molar-refractivity contribution in [3.63, 3.8) is 0 Å². The van der Waals surface area contributed by atoms with Gasteiger partial charge in [-0.25, -0.2) is 0 Å². The van der Waals surface area contributed by atoms with Crippen LogP contribution in [-0.4, -0.2) is 24.3 Å². The van der Waals surface area contributed by atoms with Crippen LogP contribution >= 0.6 is 0 Å². The van der Waals surface area contributed by atoms with Gasteiger partial charge in [0, 0.05) is 37.4 Å². The average Bonchev–Trinajstić information content (AvgIpc) is 3.33. The normalized spacial score (nSPS) is 15.6. The third-order valence-electron chi connectivity index (χ3n) is 4.79. The highest BCUT2D eigenvalue weighted by Crippen LogP contribution is 2.22. The van der Waals surface area contributed by atoms with Gasteiger partial charge in [-0.2, -0.15) is 0 Å². The van der Waals surface area contributed by atoms with Gasteiger partial charge in [0.25, 0.3) is 0 Å². The molecule has 0 saturated carbocycles. The van der Waals surface area contributed by atoms with Crippen LogP contribution in [0.5, 0.6) is 0 Å². The van der Waals surface area contributed by atoms with E-state index in [1.165, 1.54) is 11.3 Å². The van der Waals surface area contributed by atoms with Crippen molar-refractivity contribution >= 4 is 5.69 Å². The van der Waals surface area contributed by atoms with Crippen LogP contribution in [0.1, 0.15) is 24.1 Å². The Hall–Kier alpha value is -2.53. The van der Waals surface area contributed by atoms with Crippen molar-refractivity contribution in [2.24, 2.45) is 0 Å². The second-order valence-electron chi connectivity index (χ2n) is 6.64. The largest absolute Gasteiger partial charge is 0.461 e. The number of nitrogens with one attached hydrogen (secondary N) is 1. The van der Waals surface area contributed by atoms with Gasteiger partial charge in [-0.3, -0.25) is 0 Å². The summed E-state index contributed by atoms with van der Waals surface area (Å²) >= 11 is 0. The summed E-state index contributed by atoms with van der Waals surface area (Å²) in [6.07, 6.45) is 3.91. The van der Waals surface area contributed by atoms with E-state index in [9.17, 15) is 0 Å². The molecule has 2 aromatic heterocycles. The van der Waals surface area contributed by atoms with Gasteiger partial charge in [0.15, 0.2) is 5.76 Å². The number of hydrogen-bond acceptors (Lipinski definition) is 5. The molecule has 1 aliphatic rings. The minimum Gasteiger partial charge on any atom is -0.461 e. The second kappa shape index (κ2) is 7.15. The van der Waals surface area contributed by atoms with Crippen LogP contribution in [-0.2, 0) is 6.54 Å². The molecular formula is C20H23N3O2. The summed E-state index contributed by atoms with van der Waals surface area (Å²) < 4.78 is 10.7. The van der Waals surface area contributed by atoms with Crippen LogP contribution < -0.4 is 10.2 Å². The maximum Gasteiger partial charge on any atom is 0.202 e. The van der Waals surface area contributed by atoms with E-state index in [2.05, 4.69) is 46.6 Å². The molecule has 1 aliphatic heterocycles. The number of nitrogens with zero attached hydrogens (tertiary/aromatic N) is 2. The summed E-state index contributed by atoms with van der Waals surface area (Å²) in [5.41, 5.74) is 3.54. The second-order valence-corrected chi connectivity index (χ2v) is 6.64. The lowest BCUT2D eigenvalue weighted by atomic mass is 10.0. The van der Waals surface area contributed by atoms with Gasteiger partial charge in [0.2, 0.25) is 5.76 Å². The smallest absolute Gasteiger partial charge is 0.202 e. The van der Waals surface area contributed by atoms with Crippen LogP contribution in [0.15, 0.2) is 57.7 Å². The summed E-state index contributed by atoms with van der Waals surface area (Å²) in [6.45, 7) is 5.01. The molecule has 0 amide bonds. The van der Waals surface area contributed by atoms with Crippen LogP contribution in [0.25, 0.3) is 11.5 Å². The number of furan rings is 1. The number of anilines is 1. The zero-order chi connectivity index (χ0) is 17.1. The van der Waals surface area contributed by atoms with Crippen LogP contribution in [0.3, 0.4) is 0 Å². The molecule has 0 unspecified atom stereocenters. The molecule has 25 heavy (non-hydrogen) atoms. The monoisotopic (exact) mass is 337 g/mol. The maximum atomic E-state index is 5.34. The van der Waals surface area contributed by atoms with E-state index in [0.29, 0.717) is 17.6 Å². The highest BCUT2D eigenvalue weighted by atomic mass is 16.5. The molecule has 5 nitrogen and oxygen atoms in total. The van der Waals surface area contributed by atoms with Crippen molar-refractivity contribution in [1.29, 1.82) is 0 Å². The molecule has 130 valence electrons. The molecule has 1 aromatic carbocycles. The summed E-state index contributed by atoms with van der Waals surface area (Å²) in [4.78, 5) is 2.46. The van der Waals surface area contributed by atoms with Crippen molar-refractivity contribution < 1.29 is 8.94 Å². The topological polar surface area (TPSA) is 54.4 Å². The molecule has 4 rings (SSSR count). The van der Waals surface area contributed by atoms with Crippen LogP contribution in [0, 0.1) is 6.92 Å². The molecule has 1 N–H and O–H groups in total. The molecular weight excluding hydrogens is 314 g/mol. The van der Waals surface area contributed by atoms with Gasteiger partial charge in [0.1, 0.15) is 0 Å². The first-order chi connectivity index (χ1) is 12.3. The summed E-state index contributed by atoms with van der Waals surface area (Å²) in [5.74, 6) is 1.39. The zero-order valence-corrected chi connectivity index (χ0v) is 14.4. The highest BCUT2D eigenvalue weighted by Gasteiger charge is 2.19. The first kappa shape index (κ1) is 16.0. The van der Waals surface area contributed by atoms with Gasteiger partial charge in [-0.05, 0) is 44.0 Å². The molecule has 3 aromatic rings. The molecule has 1 saturated heterocycles. The highest BCUT2D eigenvalue weighted by molar-refractivity contribution is 5.49. The van der Waals surface area contributed by atoms with Crippen molar-refractivity contribution in [3.05, 3.63) is 60.0 Å².